The fourth-order valence-electron chi connectivity index (χ4n) is 2.79. The first-order chi connectivity index (χ1) is 11.8. The molecule has 8 nitrogen and oxygen atoms in total. The minimum atomic E-state index is -0.469. The Balaban J connectivity index is 2.05. The van der Waals surface area contributed by atoms with Gasteiger partial charge < -0.3 is 9.80 Å². The molecule has 0 aliphatic carbocycles. The number of rotatable bonds is 4. The zero-order valence-corrected chi connectivity index (χ0v) is 14.9. The molecule has 0 spiro atoms. The molecule has 8 heteroatoms. The Kier molecular flexibility index (Phi) is 6.08. The molecule has 1 saturated heterocycles. The van der Waals surface area contributed by atoms with Crippen molar-refractivity contribution in [3.8, 4) is 0 Å². The van der Waals surface area contributed by atoms with Crippen molar-refractivity contribution in [2.45, 2.75) is 13.3 Å². The Labute approximate surface area is 147 Å². The maximum atomic E-state index is 12.7. The molecule has 25 heavy (non-hydrogen) atoms. The van der Waals surface area contributed by atoms with Crippen molar-refractivity contribution in [3.63, 3.8) is 0 Å². The van der Waals surface area contributed by atoms with Crippen LogP contribution in [-0.2, 0) is 4.79 Å². The van der Waals surface area contributed by atoms with Crippen LogP contribution in [0.4, 0.5) is 5.69 Å². The summed E-state index contributed by atoms with van der Waals surface area (Å²) in [5.41, 5.74) is 0.819. The molecule has 0 saturated carbocycles. The van der Waals surface area contributed by atoms with Gasteiger partial charge in [-0.25, -0.2) is 0 Å². The maximum Gasteiger partial charge on any atom is 0.273 e. The molecule has 1 aliphatic heterocycles. The summed E-state index contributed by atoms with van der Waals surface area (Å²) >= 11 is 0. The first-order valence-corrected chi connectivity index (χ1v) is 8.26. The largest absolute Gasteiger partial charge is 0.348 e. The molecule has 2 amide bonds. The number of hydrogen-bond donors (Lipinski definition) is 0. The van der Waals surface area contributed by atoms with Crippen LogP contribution in [0.1, 0.15) is 22.3 Å². The van der Waals surface area contributed by atoms with E-state index in [1.807, 2.05) is 4.90 Å². The number of aryl methyl sites for hydroxylation is 1. The zero-order chi connectivity index (χ0) is 18.6. The van der Waals surface area contributed by atoms with Gasteiger partial charge in [0.05, 0.1) is 11.5 Å². The van der Waals surface area contributed by atoms with E-state index in [2.05, 4.69) is 0 Å². The van der Waals surface area contributed by atoms with E-state index >= 15 is 0 Å². The summed E-state index contributed by atoms with van der Waals surface area (Å²) in [6.45, 7) is 4.42. The number of nitro groups is 1. The molecule has 0 N–H and O–H groups in total. The van der Waals surface area contributed by atoms with Crippen molar-refractivity contribution in [2.75, 3.05) is 46.8 Å². The van der Waals surface area contributed by atoms with E-state index in [0.717, 1.165) is 13.0 Å². The highest BCUT2D eigenvalue weighted by Gasteiger charge is 2.23. The second kappa shape index (κ2) is 8.06. The van der Waals surface area contributed by atoms with Gasteiger partial charge in [-0.3, -0.25) is 24.6 Å². The van der Waals surface area contributed by atoms with Crippen molar-refractivity contribution in [3.05, 3.63) is 39.4 Å². The van der Waals surface area contributed by atoms with Crippen molar-refractivity contribution in [2.24, 2.45) is 0 Å². The lowest BCUT2D eigenvalue weighted by molar-refractivity contribution is -0.385. The van der Waals surface area contributed by atoms with E-state index in [0.29, 0.717) is 37.3 Å². The molecule has 1 fully saturated rings. The monoisotopic (exact) mass is 348 g/mol. The van der Waals surface area contributed by atoms with Crippen molar-refractivity contribution < 1.29 is 14.5 Å². The fraction of sp³-hybridized carbons (Fsp3) is 0.529. The second-order valence-electron chi connectivity index (χ2n) is 6.47. The number of carbonyl (C=O) groups is 2. The van der Waals surface area contributed by atoms with Crippen LogP contribution in [0, 0.1) is 17.0 Å². The lowest BCUT2D eigenvalue weighted by atomic mass is 10.1. The molecule has 0 bridgehead atoms. The lowest BCUT2D eigenvalue weighted by Gasteiger charge is -2.22. The van der Waals surface area contributed by atoms with Crippen LogP contribution < -0.4 is 0 Å². The minimum Gasteiger partial charge on any atom is -0.348 e. The summed E-state index contributed by atoms with van der Waals surface area (Å²) in [4.78, 5) is 40.4. The molecule has 1 aliphatic rings. The summed E-state index contributed by atoms with van der Waals surface area (Å²) in [6, 6.07) is 4.57. The van der Waals surface area contributed by atoms with E-state index < -0.39 is 4.92 Å². The Morgan fingerprint density at radius 1 is 1.20 bits per heavy atom. The highest BCUT2D eigenvalue weighted by Crippen LogP contribution is 2.20. The van der Waals surface area contributed by atoms with E-state index in [1.165, 1.54) is 6.07 Å². The highest BCUT2D eigenvalue weighted by molar-refractivity contribution is 5.95. The maximum absolute atomic E-state index is 12.7. The molecule has 0 atom stereocenters. The van der Waals surface area contributed by atoms with Gasteiger partial charge in [0.25, 0.3) is 11.6 Å². The van der Waals surface area contributed by atoms with Crippen LogP contribution in [0.2, 0.25) is 0 Å². The minimum absolute atomic E-state index is 0.0361. The zero-order valence-electron chi connectivity index (χ0n) is 14.9. The predicted molar refractivity (Wildman–Crippen MR) is 93.5 cm³/mol. The van der Waals surface area contributed by atoms with Crippen LogP contribution in [-0.4, -0.2) is 78.3 Å². The average molecular weight is 348 g/mol. The summed E-state index contributed by atoms with van der Waals surface area (Å²) in [7, 11) is 3.45. The number of carbonyl (C=O) groups excluding carboxylic acids is 2. The first kappa shape index (κ1) is 18.9. The Bertz CT molecular complexity index is 675. The topological polar surface area (TPSA) is 87.0 Å². The quantitative estimate of drug-likeness (QED) is 0.601. The number of nitrogens with zero attached hydrogens (tertiary/aromatic N) is 4. The van der Waals surface area contributed by atoms with Gasteiger partial charge in [-0.2, -0.15) is 0 Å². The van der Waals surface area contributed by atoms with Gasteiger partial charge in [0.2, 0.25) is 5.91 Å². The van der Waals surface area contributed by atoms with Crippen LogP contribution in [0.5, 0.6) is 0 Å². The molecule has 0 unspecified atom stereocenters. The number of likely N-dealkylation sites (N-methyl/N-ethyl adjacent to an activating group) is 1. The third-order valence-electron chi connectivity index (χ3n) is 4.39. The van der Waals surface area contributed by atoms with Gasteiger partial charge in [-0.1, -0.05) is 6.07 Å². The molecule has 1 aromatic rings. The smallest absolute Gasteiger partial charge is 0.273 e. The summed E-state index contributed by atoms with van der Waals surface area (Å²) in [6.07, 6.45) is 0.764. The van der Waals surface area contributed by atoms with Crippen molar-refractivity contribution in [1.29, 1.82) is 0 Å². The molecular formula is C17H24N4O4. The fourth-order valence-corrected chi connectivity index (χ4v) is 2.79. The summed E-state index contributed by atoms with van der Waals surface area (Å²) in [5, 5.41) is 11.1. The lowest BCUT2D eigenvalue weighted by Crippen LogP contribution is -2.39. The third kappa shape index (κ3) is 4.76. The summed E-state index contributed by atoms with van der Waals surface area (Å²) in [5.74, 6) is -0.169. The van der Waals surface area contributed by atoms with Crippen LogP contribution in [0.15, 0.2) is 18.2 Å². The third-order valence-corrected chi connectivity index (χ3v) is 4.39. The van der Waals surface area contributed by atoms with Gasteiger partial charge in [-0.15, -0.1) is 0 Å². The summed E-state index contributed by atoms with van der Waals surface area (Å²) < 4.78 is 0. The predicted octanol–water partition coefficient (Wildman–Crippen LogP) is 1.14. The van der Waals surface area contributed by atoms with Crippen LogP contribution in [0.25, 0.3) is 0 Å². The van der Waals surface area contributed by atoms with Crippen LogP contribution in [0.3, 0.4) is 0 Å². The molecule has 0 radical (unpaired) electrons. The standard InChI is InChI=1S/C17H24N4O4/c1-13-5-6-14(11-15(13)21(24)25)17(23)20-8-4-7-19(9-10-20)12-16(22)18(2)3/h5-6,11H,4,7-10,12H2,1-3H3. The van der Waals surface area contributed by atoms with Gasteiger partial charge in [0.15, 0.2) is 0 Å². The van der Waals surface area contributed by atoms with Crippen molar-refractivity contribution >= 4 is 17.5 Å². The Morgan fingerprint density at radius 2 is 1.92 bits per heavy atom. The number of nitro benzene ring substituents is 1. The molecule has 1 heterocycles. The normalized spacial score (nSPS) is 15.6. The van der Waals surface area contributed by atoms with Gasteiger partial charge in [-0.05, 0) is 19.4 Å². The Morgan fingerprint density at radius 3 is 2.56 bits per heavy atom. The number of benzene rings is 1. The molecule has 1 aromatic carbocycles. The van der Waals surface area contributed by atoms with Gasteiger partial charge in [0.1, 0.15) is 0 Å². The first-order valence-electron chi connectivity index (χ1n) is 8.26. The molecule has 136 valence electrons. The van der Waals surface area contributed by atoms with Crippen molar-refractivity contribution in [1.82, 2.24) is 14.7 Å². The van der Waals surface area contributed by atoms with E-state index in [9.17, 15) is 19.7 Å². The van der Waals surface area contributed by atoms with E-state index in [1.54, 1.807) is 43.0 Å². The molecule has 0 aromatic heterocycles. The number of hydrogen-bond acceptors (Lipinski definition) is 5. The van der Waals surface area contributed by atoms with Gasteiger partial charge >= 0.3 is 0 Å². The molecular weight excluding hydrogens is 324 g/mol. The average Bonchev–Trinajstić information content (AvgIpc) is 2.79. The highest BCUT2D eigenvalue weighted by atomic mass is 16.6. The van der Waals surface area contributed by atoms with E-state index in [-0.39, 0.29) is 17.5 Å². The van der Waals surface area contributed by atoms with Gasteiger partial charge in [0, 0.05) is 57.5 Å². The number of amides is 2. The van der Waals surface area contributed by atoms with E-state index in [4.69, 9.17) is 0 Å². The van der Waals surface area contributed by atoms with Crippen LogP contribution >= 0.6 is 0 Å². The Hall–Kier alpha value is -2.48. The second-order valence-corrected chi connectivity index (χ2v) is 6.47. The molecule has 2 rings (SSSR count). The SMILES string of the molecule is Cc1ccc(C(=O)N2CCCN(CC(=O)N(C)C)CC2)cc1[N+](=O)[O-].